The highest BCUT2D eigenvalue weighted by Gasteiger charge is 2.24. The van der Waals surface area contributed by atoms with Gasteiger partial charge in [0.05, 0.1) is 17.9 Å². The zero-order chi connectivity index (χ0) is 25.9. The molecule has 1 atom stereocenters. The number of aromatic nitrogens is 5. The van der Waals surface area contributed by atoms with E-state index in [-0.39, 0.29) is 22.9 Å². The van der Waals surface area contributed by atoms with Crippen LogP contribution in [0.25, 0.3) is 0 Å². The molecule has 2 amide bonds. The summed E-state index contributed by atoms with van der Waals surface area (Å²) in [7, 11) is 0. The Hall–Kier alpha value is -3.51. The molecule has 0 bridgehead atoms. The van der Waals surface area contributed by atoms with E-state index in [4.69, 9.17) is 5.73 Å². The standard InChI is InChI=1S/C24H31N9O2S/c1-14(31-22(35)19-15(20(25)30-13-29-19)11-33-7-5-6-8-33)23-26-10-16(36-23)21(34)32-18-9-17(24(2,3)4)27-12-28-18/h9-10,12-14H,5-8,11H2,1-4H3,(H,31,35)(H2,25,29,30)(H,27,28,32,34). The summed E-state index contributed by atoms with van der Waals surface area (Å²) in [6.07, 6.45) is 6.48. The Morgan fingerprint density at radius 1 is 1.08 bits per heavy atom. The van der Waals surface area contributed by atoms with Crippen LogP contribution >= 0.6 is 11.3 Å². The first-order chi connectivity index (χ1) is 17.1. The molecule has 0 radical (unpaired) electrons. The summed E-state index contributed by atoms with van der Waals surface area (Å²) in [5, 5.41) is 6.31. The van der Waals surface area contributed by atoms with Gasteiger partial charge in [0.2, 0.25) is 0 Å². The smallest absolute Gasteiger partial charge is 0.270 e. The SMILES string of the molecule is CC(NC(=O)c1ncnc(N)c1CN1CCCC1)c1ncc(C(=O)Nc2cc(C(C)(C)C)ncn2)s1. The molecule has 1 fully saturated rings. The monoisotopic (exact) mass is 509 g/mol. The van der Waals surface area contributed by atoms with Crippen molar-refractivity contribution in [2.45, 2.75) is 58.5 Å². The van der Waals surface area contributed by atoms with Gasteiger partial charge < -0.3 is 16.4 Å². The fourth-order valence-electron chi connectivity index (χ4n) is 3.88. The molecule has 1 aliphatic rings. The van der Waals surface area contributed by atoms with E-state index in [1.807, 2.05) is 27.7 Å². The molecule has 3 aromatic heterocycles. The fourth-order valence-corrected chi connectivity index (χ4v) is 4.69. The second kappa shape index (κ2) is 10.6. The highest BCUT2D eigenvalue weighted by atomic mass is 32.1. The third-order valence-corrected chi connectivity index (χ3v) is 7.10. The van der Waals surface area contributed by atoms with Gasteiger partial charge in [0, 0.05) is 23.6 Å². The number of nitrogens with zero attached hydrogens (tertiary/aromatic N) is 6. The molecule has 1 unspecified atom stereocenters. The molecule has 1 saturated heterocycles. The van der Waals surface area contributed by atoms with E-state index < -0.39 is 6.04 Å². The quantitative estimate of drug-likeness (QED) is 0.436. The zero-order valence-corrected chi connectivity index (χ0v) is 21.7. The molecule has 11 nitrogen and oxygen atoms in total. The maximum Gasteiger partial charge on any atom is 0.270 e. The maximum absolute atomic E-state index is 13.1. The van der Waals surface area contributed by atoms with Crippen LogP contribution in [0, 0.1) is 0 Å². The molecule has 0 aliphatic carbocycles. The minimum Gasteiger partial charge on any atom is -0.383 e. The first-order valence-electron chi connectivity index (χ1n) is 11.8. The van der Waals surface area contributed by atoms with Crippen LogP contribution in [0.5, 0.6) is 0 Å². The Morgan fingerprint density at radius 2 is 1.81 bits per heavy atom. The molecule has 0 spiro atoms. The number of thiazole rings is 1. The lowest BCUT2D eigenvalue weighted by molar-refractivity contribution is 0.0932. The summed E-state index contributed by atoms with van der Waals surface area (Å²) >= 11 is 1.20. The van der Waals surface area contributed by atoms with Gasteiger partial charge in [-0.25, -0.2) is 24.9 Å². The third-order valence-electron chi connectivity index (χ3n) is 5.92. The van der Waals surface area contributed by atoms with Crippen LogP contribution < -0.4 is 16.4 Å². The number of hydrogen-bond acceptors (Lipinski definition) is 10. The van der Waals surface area contributed by atoms with Crippen molar-refractivity contribution in [2.75, 3.05) is 24.1 Å². The van der Waals surface area contributed by atoms with E-state index in [0.717, 1.165) is 31.6 Å². The van der Waals surface area contributed by atoms with E-state index in [0.29, 0.717) is 33.6 Å². The van der Waals surface area contributed by atoms with E-state index in [1.54, 1.807) is 6.07 Å². The molecule has 36 heavy (non-hydrogen) atoms. The van der Waals surface area contributed by atoms with E-state index in [9.17, 15) is 9.59 Å². The number of anilines is 2. The summed E-state index contributed by atoms with van der Waals surface area (Å²) < 4.78 is 0. The molecule has 0 aromatic carbocycles. The number of carbonyl (C=O) groups is 2. The van der Waals surface area contributed by atoms with Crippen molar-refractivity contribution >= 4 is 34.8 Å². The summed E-state index contributed by atoms with van der Waals surface area (Å²) in [5.74, 6) is 0.0420. The van der Waals surface area contributed by atoms with Crippen LogP contribution in [0.15, 0.2) is 24.9 Å². The van der Waals surface area contributed by atoms with E-state index in [2.05, 4.69) is 40.5 Å². The van der Waals surface area contributed by atoms with Gasteiger partial charge in [-0.1, -0.05) is 20.8 Å². The molecule has 4 N–H and O–H groups in total. The van der Waals surface area contributed by atoms with Gasteiger partial charge in [0.25, 0.3) is 11.8 Å². The molecule has 1 aliphatic heterocycles. The first-order valence-corrected chi connectivity index (χ1v) is 12.7. The van der Waals surface area contributed by atoms with Crippen molar-refractivity contribution < 1.29 is 9.59 Å². The number of nitrogens with two attached hydrogens (primary N) is 1. The van der Waals surface area contributed by atoms with Crippen LogP contribution in [-0.2, 0) is 12.0 Å². The Kier molecular flexibility index (Phi) is 7.55. The lowest BCUT2D eigenvalue weighted by Gasteiger charge is -2.18. The van der Waals surface area contributed by atoms with Crippen LogP contribution in [-0.4, -0.2) is 54.7 Å². The Labute approximate surface area is 214 Å². The molecular formula is C24H31N9O2S. The van der Waals surface area contributed by atoms with Crippen molar-refractivity contribution in [3.63, 3.8) is 0 Å². The lowest BCUT2D eigenvalue weighted by Crippen LogP contribution is -2.30. The Bertz CT molecular complexity index is 1250. The van der Waals surface area contributed by atoms with Crippen LogP contribution in [0.3, 0.4) is 0 Å². The van der Waals surface area contributed by atoms with E-state index in [1.165, 1.54) is 30.2 Å². The average Bonchev–Trinajstić information content (AvgIpc) is 3.52. The number of carbonyl (C=O) groups excluding carboxylic acids is 2. The van der Waals surface area contributed by atoms with Crippen LogP contribution in [0.1, 0.15) is 83.0 Å². The highest BCUT2D eigenvalue weighted by molar-refractivity contribution is 7.13. The highest BCUT2D eigenvalue weighted by Crippen LogP contribution is 2.24. The minimum absolute atomic E-state index is 0.170. The van der Waals surface area contributed by atoms with Gasteiger partial charge in [-0.3, -0.25) is 14.5 Å². The van der Waals surface area contributed by atoms with Gasteiger partial charge in [0.1, 0.15) is 39.9 Å². The predicted octanol–water partition coefficient (Wildman–Crippen LogP) is 2.94. The molecule has 3 aromatic rings. The van der Waals surface area contributed by atoms with E-state index >= 15 is 0 Å². The Morgan fingerprint density at radius 3 is 2.53 bits per heavy atom. The van der Waals surface area contributed by atoms with Crippen molar-refractivity contribution in [3.8, 4) is 0 Å². The first kappa shape index (κ1) is 25.6. The molecule has 190 valence electrons. The summed E-state index contributed by atoms with van der Waals surface area (Å²) in [4.78, 5) is 49.6. The number of nitrogen functional groups attached to an aromatic ring is 1. The van der Waals surface area contributed by atoms with Gasteiger partial charge in [0.15, 0.2) is 0 Å². The maximum atomic E-state index is 13.1. The number of nitrogens with one attached hydrogen (secondary N) is 2. The topological polar surface area (TPSA) is 152 Å². The molecule has 0 saturated carbocycles. The van der Waals surface area contributed by atoms with Gasteiger partial charge >= 0.3 is 0 Å². The van der Waals surface area contributed by atoms with Gasteiger partial charge in [-0.05, 0) is 32.9 Å². The molecular weight excluding hydrogens is 478 g/mol. The summed E-state index contributed by atoms with van der Waals surface area (Å²) in [6.45, 7) is 10.4. The molecule has 4 heterocycles. The third kappa shape index (κ3) is 6.00. The minimum atomic E-state index is -0.439. The number of likely N-dealkylation sites (tertiary alicyclic amines) is 1. The Balaban J connectivity index is 1.43. The van der Waals surface area contributed by atoms with Crippen molar-refractivity contribution in [2.24, 2.45) is 0 Å². The zero-order valence-electron chi connectivity index (χ0n) is 20.9. The van der Waals surface area contributed by atoms with Crippen molar-refractivity contribution in [1.29, 1.82) is 0 Å². The fraction of sp³-hybridized carbons (Fsp3) is 0.458. The van der Waals surface area contributed by atoms with Crippen molar-refractivity contribution in [1.82, 2.24) is 35.1 Å². The lowest BCUT2D eigenvalue weighted by atomic mass is 9.92. The number of amides is 2. The molecule has 4 rings (SSSR count). The largest absolute Gasteiger partial charge is 0.383 e. The second-order valence-corrected chi connectivity index (χ2v) is 10.9. The number of hydrogen-bond donors (Lipinski definition) is 3. The normalized spacial score (nSPS) is 15.0. The summed E-state index contributed by atoms with van der Waals surface area (Å²) in [6, 6.07) is 1.32. The number of rotatable bonds is 7. The average molecular weight is 510 g/mol. The van der Waals surface area contributed by atoms with Crippen LogP contribution in [0.2, 0.25) is 0 Å². The van der Waals surface area contributed by atoms with Gasteiger partial charge in [-0.2, -0.15) is 0 Å². The predicted molar refractivity (Wildman–Crippen MR) is 138 cm³/mol. The van der Waals surface area contributed by atoms with Gasteiger partial charge in [-0.15, -0.1) is 11.3 Å². The summed E-state index contributed by atoms with van der Waals surface area (Å²) in [5.41, 5.74) is 7.63. The molecule has 12 heteroatoms. The second-order valence-electron chi connectivity index (χ2n) is 9.82. The van der Waals surface area contributed by atoms with Crippen molar-refractivity contribution in [3.05, 3.63) is 51.8 Å². The van der Waals surface area contributed by atoms with Crippen LogP contribution in [0.4, 0.5) is 11.6 Å².